The van der Waals surface area contributed by atoms with Crippen molar-refractivity contribution in [3.63, 3.8) is 0 Å². The fourth-order valence-corrected chi connectivity index (χ4v) is 1.91. The van der Waals surface area contributed by atoms with Crippen LogP contribution in [0.25, 0.3) is 0 Å². The predicted octanol–water partition coefficient (Wildman–Crippen LogP) is 2.53. The molecule has 0 saturated heterocycles. The zero-order chi connectivity index (χ0) is 14.9. The van der Waals surface area contributed by atoms with E-state index in [4.69, 9.17) is 4.74 Å². The first-order chi connectivity index (χ1) is 9.40. The van der Waals surface area contributed by atoms with E-state index in [0.29, 0.717) is 5.75 Å². The number of aryl methyl sites for hydroxylation is 3. The van der Waals surface area contributed by atoms with Crippen molar-refractivity contribution in [2.45, 2.75) is 20.8 Å². The van der Waals surface area contributed by atoms with Crippen molar-refractivity contribution in [1.29, 1.82) is 0 Å². The second-order valence-corrected chi connectivity index (χ2v) is 4.91. The van der Waals surface area contributed by atoms with Crippen LogP contribution >= 0.6 is 0 Å². The maximum Gasteiger partial charge on any atom is 0.343 e. The molecule has 0 unspecified atom stereocenters. The van der Waals surface area contributed by atoms with E-state index in [1.165, 1.54) is 10.6 Å². The van der Waals surface area contributed by atoms with Crippen LogP contribution in [-0.2, 0) is 7.05 Å². The highest BCUT2D eigenvalue weighted by atomic mass is 16.5. The molecule has 4 heteroatoms. The molecule has 0 radical (unpaired) electrons. The van der Waals surface area contributed by atoms with Crippen molar-refractivity contribution in [2.24, 2.45) is 7.05 Å². The number of carbonyl (C=O) groups is 1. The minimum absolute atomic E-state index is 0.239. The zero-order valence-electron chi connectivity index (χ0n) is 12.1. The Hall–Kier alpha value is -2.36. The Morgan fingerprint density at radius 2 is 1.75 bits per heavy atom. The van der Waals surface area contributed by atoms with Crippen LogP contribution in [0.2, 0.25) is 0 Å². The van der Waals surface area contributed by atoms with E-state index < -0.39 is 5.97 Å². The van der Waals surface area contributed by atoms with Crippen molar-refractivity contribution in [1.82, 2.24) is 4.57 Å². The number of pyridine rings is 1. The highest BCUT2D eigenvalue weighted by Crippen LogP contribution is 2.26. The second-order valence-electron chi connectivity index (χ2n) is 4.91. The number of rotatable bonds is 2. The van der Waals surface area contributed by atoms with Crippen LogP contribution in [0.4, 0.5) is 0 Å². The number of aromatic nitrogens is 1. The average Bonchev–Trinajstić information content (AvgIpc) is 2.42. The van der Waals surface area contributed by atoms with Gasteiger partial charge in [-0.05, 0) is 43.5 Å². The molecule has 0 spiro atoms. The van der Waals surface area contributed by atoms with Gasteiger partial charge in [0, 0.05) is 19.3 Å². The lowest BCUT2D eigenvalue weighted by molar-refractivity contribution is 0.0732. The first-order valence-corrected chi connectivity index (χ1v) is 6.36. The van der Waals surface area contributed by atoms with Gasteiger partial charge in [-0.2, -0.15) is 0 Å². The predicted molar refractivity (Wildman–Crippen MR) is 77.3 cm³/mol. The number of esters is 1. The molecular formula is C16H17NO3. The van der Waals surface area contributed by atoms with Gasteiger partial charge in [0.05, 0.1) is 5.56 Å². The smallest absolute Gasteiger partial charge is 0.343 e. The van der Waals surface area contributed by atoms with Crippen LogP contribution in [0.1, 0.15) is 27.0 Å². The third kappa shape index (κ3) is 2.64. The first kappa shape index (κ1) is 14.1. The summed E-state index contributed by atoms with van der Waals surface area (Å²) in [5.41, 5.74) is 2.90. The summed E-state index contributed by atoms with van der Waals surface area (Å²) in [6.45, 7) is 5.76. The molecule has 1 aromatic carbocycles. The molecule has 0 aliphatic rings. The fourth-order valence-electron chi connectivity index (χ4n) is 1.91. The number of carbonyl (C=O) groups excluding carboxylic acids is 1. The summed E-state index contributed by atoms with van der Waals surface area (Å²) in [5.74, 6) is 0.0511. The molecular weight excluding hydrogens is 254 g/mol. The average molecular weight is 271 g/mol. The Kier molecular flexibility index (Phi) is 3.74. The van der Waals surface area contributed by atoms with Gasteiger partial charge in [-0.3, -0.25) is 4.79 Å². The van der Waals surface area contributed by atoms with E-state index in [9.17, 15) is 9.59 Å². The summed E-state index contributed by atoms with van der Waals surface area (Å²) in [6.07, 6.45) is 1.55. The quantitative estimate of drug-likeness (QED) is 0.623. The summed E-state index contributed by atoms with van der Waals surface area (Å²) in [4.78, 5) is 23.7. The van der Waals surface area contributed by atoms with Crippen LogP contribution in [0, 0.1) is 20.8 Å². The molecule has 1 heterocycles. The molecule has 20 heavy (non-hydrogen) atoms. The first-order valence-electron chi connectivity index (χ1n) is 6.36. The molecule has 1 aromatic heterocycles. The molecule has 0 atom stereocenters. The van der Waals surface area contributed by atoms with Crippen LogP contribution in [0.15, 0.2) is 35.3 Å². The van der Waals surface area contributed by atoms with Gasteiger partial charge in [0.1, 0.15) is 5.75 Å². The van der Waals surface area contributed by atoms with Crippen molar-refractivity contribution < 1.29 is 9.53 Å². The second kappa shape index (κ2) is 5.33. The van der Waals surface area contributed by atoms with Gasteiger partial charge < -0.3 is 9.30 Å². The van der Waals surface area contributed by atoms with E-state index in [1.807, 2.05) is 32.9 Å². The van der Waals surface area contributed by atoms with E-state index in [2.05, 4.69) is 0 Å². The lowest BCUT2D eigenvalue weighted by atomic mass is 10.1. The van der Waals surface area contributed by atoms with Gasteiger partial charge in [0.25, 0.3) is 5.56 Å². The number of nitrogens with zero attached hydrogens (tertiary/aromatic N) is 1. The number of hydrogen-bond acceptors (Lipinski definition) is 3. The Morgan fingerprint density at radius 3 is 2.40 bits per heavy atom. The van der Waals surface area contributed by atoms with Crippen molar-refractivity contribution in [3.05, 3.63) is 63.1 Å². The van der Waals surface area contributed by atoms with Gasteiger partial charge >= 0.3 is 5.97 Å². The number of hydrogen-bond donors (Lipinski definition) is 0. The van der Waals surface area contributed by atoms with Gasteiger partial charge in [0.15, 0.2) is 0 Å². The molecule has 0 aliphatic heterocycles. The lowest BCUT2D eigenvalue weighted by Crippen LogP contribution is -2.19. The molecule has 0 fully saturated rings. The van der Waals surface area contributed by atoms with Crippen LogP contribution < -0.4 is 10.3 Å². The Balaban J connectivity index is 2.35. The largest absolute Gasteiger partial charge is 0.422 e. The third-order valence-electron chi connectivity index (χ3n) is 3.41. The molecule has 0 aliphatic carbocycles. The van der Waals surface area contributed by atoms with Gasteiger partial charge in [-0.25, -0.2) is 4.79 Å². The summed E-state index contributed by atoms with van der Waals surface area (Å²) >= 11 is 0. The van der Waals surface area contributed by atoms with Crippen LogP contribution in [0.3, 0.4) is 0 Å². The molecule has 0 N–H and O–H groups in total. The standard InChI is InChI=1S/C16H17NO3/c1-10-5-6-11(2)15(12(10)3)20-16(19)13-7-8-17(4)14(18)9-13/h5-9H,1-4H3. The topological polar surface area (TPSA) is 48.3 Å². The normalized spacial score (nSPS) is 10.4. The summed E-state index contributed by atoms with van der Waals surface area (Å²) in [6, 6.07) is 6.75. The fraction of sp³-hybridized carbons (Fsp3) is 0.250. The minimum atomic E-state index is -0.514. The Morgan fingerprint density at radius 1 is 1.10 bits per heavy atom. The van der Waals surface area contributed by atoms with E-state index in [0.717, 1.165) is 16.7 Å². The minimum Gasteiger partial charge on any atom is -0.422 e. The molecule has 104 valence electrons. The van der Waals surface area contributed by atoms with Crippen molar-refractivity contribution in [3.8, 4) is 5.75 Å². The lowest BCUT2D eigenvalue weighted by Gasteiger charge is -2.12. The molecule has 4 nitrogen and oxygen atoms in total. The molecule has 0 amide bonds. The van der Waals surface area contributed by atoms with Crippen molar-refractivity contribution in [2.75, 3.05) is 0 Å². The van der Waals surface area contributed by atoms with Crippen LogP contribution in [0.5, 0.6) is 5.75 Å². The number of ether oxygens (including phenoxy) is 1. The third-order valence-corrected chi connectivity index (χ3v) is 3.41. The van der Waals surface area contributed by atoms with Gasteiger partial charge in [0.2, 0.25) is 0 Å². The Labute approximate surface area is 117 Å². The van der Waals surface area contributed by atoms with Gasteiger partial charge in [-0.15, -0.1) is 0 Å². The highest BCUT2D eigenvalue weighted by molar-refractivity contribution is 5.91. The van der Waals surface area contributed by atoms with Crippen LogP contribution in [-0.4, -0.2) is 10.5 Å². The molecule has 2 aromatic rings. The van der Waals surface area contributed by atoms with Gasteiger partial charge in [-0.1, -0.05) is 12.1 Å². The van der Waals surface area contributed by atoms with E-state index in [-0.39, 0.29) is 11.1 Å². The summed E-state index contributed by atoms with van der Waals surface area (Å²) < 4.78 is 6.85. The molecule has 0 bridgehead atoms. The van der Waals surface area contributed by atoms with Crippen molar-refractivity contribution >= 4 is 5.97 Å². The summed E-state index contributed by atoms with van der Waals surface area (Å²) in [5, 5.41) is 0. The summed E-state index contributed by atoms with van der Waals surface area (Å²) in [7, 11) is 1.63. The maximum atomic E-state index is 12.1. The number of benzene rings is 1. The maximum absolute atomic E-state index is 12.1. The van der Waals surface area contributed by atoms with E-state index in [1.54, 1.807) is 19.3 Å². The highest BCUT2D eigenvalue weighted by Gasteiger charge is 2.14. The SMILES string of the molecule is Cc1ccc(C)c(OC(=O)c2ccn(C)c(=O)c2)c1C. The Bertz CT molecular complexity index is 729. The zero-order valence-corrected chi connectivity index (χ0v) is 12.1. The molecule has 0 saturated carbocycles. The van der Waals surface area contributed by atoms with E-state index >= 15 is 0 Å². The monoisotopic (exact) mass is 271 g/mol. The molecule has 2 rings (SSSR count).